The number of thioether (sulfide) groups is 1. The summed E-state index contributed by atoms with van der Waals surface area (Å²) in [5.41, 5.74) is 0.744. The number of amides is 1. The monoisotopic (exact) mass is 293 g/mol. The highest BCUT2D eigenvalue weighted by Crippen LogP contribution is 2.25. The molecule has 0 atom stereocenters. The Labute approximate surface area is 101 Å². The maximum Gasteiger partial charge on any atom is 0.234 e. The second-order valence-electron chi connectivity index (χ2n) is 2.61. The molecule has 0 spiro atoms. The van der Waals surface area contributed by atoms with Crippen LogP contribution in [0.5, 0.6) is 0 Å². The Morgan fingerprint density at radius 2 is 2.36 bits per heavy atom. The number of hydrogen-bond donors (Lipinski definition) is 1. The Kier molecular flexibility index (Phi) is 4.78. The van der Waals surface area contributed by atoms with Gasteiger partial charge in [-0.05, 0) is 40.4 Å². The first-order chi connectivity index (χ1) is 6.63. The first-order valence-corrected chi connectivity index (χ1v) is 6.44. The minimum atomic E-state index is -0.0134. The number of carbonyl (C=O) groups excluding carboxylic acids is 1. The van der Waals surface area contributed by atoms with Crippen molar-refractivity contribution in [2.45, 2.75) is 0 Å². The van der Waals surface area contributed by atoms with Crippen LogP contribution in [0.2, 0.25) is 5.02 Å². The van der Waals surface area contributed by atoms with E-state index in [0.29, 0.717) is 10.8 Å². The van der Waals surface area contributed by atoms with E-state index in [0.717, 1.165) is 10.2 Å². The lowest BCUT2D eigenvalue weighted by atomic mass is 10.3. The van der Waals surface area contributed by atoms with E-state index in [9.17, 15) is 4.79 Å². The average Bonchev–Trinajstić information content (AvgIpc) is 2.10. The summed E-state index contributed by atoms with van der Waals surface area (Å²) >= 11 is 10.6. The Bertz CT molecular complexity index is 346. The fourth-order valence-corrected chi connectivity index (χ4v) is 2.02. The van der Waals surface area contributed by atoms with Crippen LogP contribution in [0.15, 0.2) is 22.7 Å². The molecule has 0 fully saturated rings. The molecule has 0 saturated carbocycles. The summed E-state index contributed by atoms with van der Waals surface area (Å²) in [6, 6.07) is 5.25. The van der Waals surface area contributed by atoms with Crippen molar-refractivity contribution in [2.24, 2.45) is 0 Å². The van der Waals surface area contributed by atoms with E-state index in [1.54, 1.807) is 18.2 Å². The largest absolute Gasteiger partial charge is 0.324 e. The van der Waals surface area contributed by atoms with Crippen molar-refractivity contribution >= 4 is 50.9 Å². The minimum absolute atomic E-state index is 0.0134. The van der Waals surface area contributed by atoms with Gasteiger partial charge < -0.3 is 5.32 Å². The second-order valence-corrected chi connectivity index (χ2v) is 4.76. The number of rotatable bonds is 3. The summed E-state index contributed by atoms with van der Waals surface area (Å²) in [6.45, 7) is 0. The lowest BCUT2D eigenvalue weighted by Crippen LogP contribution is -2.13. The summed E-state index contributed by atoms with van der Waals surface area (Å²) in [7, 11) is 0. The number of halogens is 2. The van der Waals surface area contributed by atoms with Gasteiger partial charge in [-0.1, -0.05) is 11.6 Å². The number of carbonyl (C=O) groups is 1. The highest BCUT2D eigenvalue weighted by molar-refractivity contribution is 9.10. The van der Waals surface area contributed by atoms with Crippen molar-refractivity contribution in [1.82, 2.24) is 0 Å². The molecule has 0 aliphatic heterocycles. The highest BCUT2D eigenvalue weighted by Gasteiger charge is 2.04. The zero-order chi connectivity index (χ0) is 10.6. The predicted octanol–water partition coefficient (Wildman–Crippen LogP) is 3.40. The molecule has 0 radical (unpaired) electrons. The topological polar surface area (TPSA) is 29.1 Å². The van der Waals surface area contributed by atoms with E-state index in [4.69, 9.17) is 11.6 Å². The van der Waals surface area contributed by atoms with Crippen molar-refractivity contribution in [2.75, 3.05) is 17.3 Å². The third kappa shape index (κ3) is 3.52. The molecule has 1 N–H and O–H groups in total. The lowest BCUT2D eigenvalue weighted by Gasteiger charge is -2.06. The van der Waals surface area contributed by atoms with E-state index in [1.807, 2.05) is 6.26 Å². The zero-order valence-corrected chi connectivity index (χ0v) is 10.7. The van der Waals surface area contributed by atoms with Crippen LogP contribution in [-0.2, 0) is 4.79 Å². The van der Waals surface area contributed by atoms with Gasteiger partial charge in [-0.25, -0.2) is 0 Å². The molecular weight excluding hydrogens is 286 g/mol. The van der Waals surface area contributed by atoms with Gasteiger partial charge in [0.25, 0.3) is 0 Å². The van der Waals surface area contributed by atoms with Gasteiger partial charge in [-0.3, -0.25) is 4.79 Å². The Hall–Kier alpha value is -0.190. The third-order valence-electron chi connectivity index (χ3n) is 1.48. The van der Waals surface area contributed by atoms with Gasteiger partial charge in [-0.2, -0.15) is 11.8 Å². The Morgan fingerprint density at radius 1 is 1.64 bits per heavy atom. The van der Waals surface area contributed by atoms with Gasteiger partial charge >= 0.3 is 0 Å². The van der Waals surface area contributed by atoms with E-state index >= 15 is 0 Å². The predicted molar refractivity (Wildman–Crippen MR) is 66.2 cm³/mol. The van der Waals surface area contributed by atoms with Crippen LogP contribution in [0.3, 0.4) is 0 Å². The minimum Gasteiger partial charge on any atom is -0.324 e. The van der Waals surface area contributed by atoms with E-state index in [2.05, 4.69) is 21.2 Å². The summed E-state index contributed by atoms with van der Waals surface area (Å²) in [4.78, 5) is 11.3. The number of nitrogens with one attached hydrogen (secondary N) is 1. The molecule has 5 heteroatoms. The van der Waals surface area contributed by atoms with E-state index < -0.39 is 0 Å². The standard InChI is InChI=1S/C9H9BrClNOS/c1-14-5-9(13)12-8-3-2-6(11)4-7(8)10/h2-4H,5H2,1H3,(H,12,13). The molecule has 0 unspecified atom stereocenters. The van der Waals surface area contributed by atoms with Gasteiger partial charge in [0.15, 0.2) is 0 Å². The summed E-state index contributed by atoms with van der Waals surface area (Å²) in [5, 5.41) is 3.41. The molecule has 1 amide bonds. The average molecular weight is 295 g/mol. The van der Waals surface area contributed by atoms with Crippen molar-refractivity contribution in [1.29, 1.82) is 0 Å². The van der Waals surface area contributed by atoms with Gasteiger partial charge in [-0.15, -0.1) is 0 Å². The van der Waals surface area contributed by atoms with Crippen molar-refractivity contribution in [3.8, 4) is 0 Å². The number of anilines is 1. The van der Waals surface area contributed by atoms with Gasteiger partial charge in [0, 0.05) is 9.50 Å². The number of benzene rings is 1. The fraction of sp³-hybridized carbons (Fsp3) is 0.222. The Morgan fingerprint density at radius 3 is 2.93 bits per heavy atom. The molecule has 1 aromatic rings. The van der Waals surface area contributed by atoms with Crippen LogP contribution in [0, 0.1) is 0 Å². The third-order valence-corrected chi connectivity index (χ3v) is 2.92. The molecule has 14 heavy (non-hydrogen) atoms. The SMILES string of the molecule is CSCC(=O)Nc1ccc(Cl)cc1Br. The highest BCUT2D eigenvalue weighted by atomic mass is 79.9. The lowest BCUT2D eigenvalue weighted by molar-refractivity contribution is -0.113. The second kappa shape index (κ2) is 5.63. The van der Waals surface area contributed by atoms with Crippen molar-refractivity contribution in [3.63, 3.8) is 0 Å². The van der Waals surface area contributed by atoms with Gasteiger partial charge in [0.05, 0.1) is 11.4 Å². The first kappa shape index (κ1) is 11.9. The van der Waals surface area contributed by atoms with Crippen LogP contribution >= 0.6 is 39.3 Å². The van der Waals surface area contributed by atoms with Crippen LogP contribution in [0.25, 0.3) is 0 Å². The fourth-order valence-electron chi connectivity index (χ4n) is 0.908. The van der Waals surface area contributed by atoms with Crippen LogP contribution < -0.4 is 5.32 Å². The van der Waals surface area contributed by atoms with Crippen LogP contribution in [-0.4, -0.2) is 17.9 Å². The smallest absolute Gasteiger partial charge is 0.234 e. The molecule has 0 bridgehead atoms. The zero-order valence-electron chi connectivity index (χ0n) is 7.51. The van der Waals surface area contributed by atoms with Gasteiger partial charge in [0.1, 0.15) is 0 Å². The molecule has 0 aliphatic carbocycles. The molecule has 76 valence electrons. The summed E-state index contributed by atoms with van der Waals surface area (Å²) in [6.07, 6.45) is 1.89. The molecule has 0 saturated heterocycles. The molecule has 2 nitrogen and oxygen atoms in total. The summed E-state index contributed by atoms with van der Waals surface area (Å²) < 4.78 is 0.791. The first-order valence-electron chi connectivity index (χ1n) is 3.87. The van der Waals surface area contributed by atoms with Crippen molar-refractivity contribution in [3.05, 3.63) is 27.7 Å². The van der Waals surface area contributed by atoms with E-state index in [-0.39, 0.29) is 5.91 Å². The maximum absolute atomic E-state index is 11.3. The molecule has 0 heterocycles. The number of hydrogen-bond acceptors (Lipinski definition) is 2. The molecule has 1 rings (SSSR count). The molecular formula is C9H9BrClNOS. The normalized spacial score (nSPS) is 9.93. The molecule has 1 aromatic carbocycles. The van der Waals surface area contributed by atoms with Gasteiger partial charge in [0.2, 0.25) is 5.91 Å². The van der Waals surface area contributed by atoms with E-state index in [1.165, 1.54) is 11.8 Å². The van der Waals surface area contributed by atoms with Crippen molar-refractivity contribution < 1.29 is 4.79 Å². The van der Waals surface area contributed by atoms with Crippen LogP contribution in [0.4, 0.5) is 5.69 Å². The summed E-state index contributed by atoms with van der Waals surface area (Å²) in [5.74, 6) is 0.440. The maximum atomic E-state index is 11.3. The molecule has 0 aromatic heterocycles. The molecule has 0 aliphatic rings. The van der Waals surface area contributed by atoms with Crippen LogP contribution in [0.1, 0.15) is 0 Å². The Balaban J connectivity index is 2.72. The quantitative estimate of drug-likeness (QED) is 0.925.